The first-order valence-corrected chi connectivity index (χ1v) is 6.94. The third-order valence-corrected chi connectivity index (χ3v) is 4.44. The van der Waals surface area contributed by atoms with Crippen LogP contribution in [0.4, 0.5) is 0 Å². The lowest BCUT2D eigenvalue weighted by atomic mass is 9.77. The summed E-state index contributed by atoms with van der Waals surface area (Å²) in [5.41, 5.74) is 2.91. The molecule has 0 bridgehead atoms. The van der Waals surface area contributed by atoms with Gasteiger partial charge in [-0.2, -0.15) is 0 Å². The third-order valence-electron chi connectivity index (χ3n) is 4.44. The van der Waals surface area contributed by atoms with Crippen LogP contribution in [0.15, 0.2) is 24.3 Å². The fourth-order valence-electron chi connectivity index (χ4n) is 3.12. The second-order valence-corrected chi connectivity index (χ2v) is 5.63. The van der Waals surface area contributed by atoms with Gasteiger partial charge in [-0.25, -0.2) is 0 Å². The Hall–Kier alpha value is -1.11. The van der Waals surface area contributed by atoms with Gasteiger partial charge in [-0.3, -0.25) is 4.79 Å². The largest absolute Gasteiger partial charge is 0.300 e. The topological polar surface area (TPSA) is 17.1 Å². The van der Waals surface area contributed by atoms with E-state index in [0.29, 0.717) is 11.7 Å². The van der Waals surface area contributed by atoms with Crippen molar-refractivity contribution in [1.29, 1.82) is 0 Å². The molecule has 0 spiro atoms. The van der Waals surface area contributed by atoms with Gasteiger partial charge in [-0.05, 0) is 48.6 Å². The number of carbonyl (C=O) groups excluding carboxylic acids is 1. The van der Waals surface area contributed by atoms with Crippen LogP contribution in [0.1, 0.15) is 67.9 Å². The van der Waals surface area contributed by atoms with Crippen LogP contribution in [0.3, 0.4) is 0 Å². The highest BCUT2D eigenvalue weighted by Crippen LogP contribution is 2.38. The summed E-state index contributed by atoms with van der Waals surface area (Å²) in [5, 5.41) is 0. The number of benzene rings is 1. The van der Waals surface area contributed by atoms with Crippen LogP contribution < -0.4 is 0 Å². The number of rotatable bonds is 2. The first kappa shape index (κ1) is 11.0. The van der Waals surface area contributed by atoms with Crippen molar-refractivity contribution in [2.45, 2.75) is 56.8 Å². The lowest BCUT2D eigenvalue weighted by Crippen LogP contribution is -2.14. The van der Waals surface area contributed by atoms with E-state index in [0.717, 1.165) is 25.2 Å². The summed E-state index contributed by atoms with van der Waals surface area (Å²) in [6, 6.07) is 9.03. The summed E-state index contributed by atoms with van der Waals surface area (Å²) < 4.78 is 0. The average Bonchev–Trinajstić information content (AvgIpc) is 2.27. The molecule has 2 saturated carbocycles. The molecule has 0 aliphatic heterocycles. The van der Waals surface area contributed by atoms with Crippen LogP contribution in [0.2, 0.25) is 0 Å². The molecule has 0 amide bonds. The SMILES string of the molecule is O=C1CCCC(c2cccc(C3CCC3)c2)C1. The van der Waals surface area contributed by atoms with Crippen LogP contribution in [0.25, 0.3) is 0 Å². The smallest absolute Gasteiger partial charge is 0.133 e. The minimum Gasteiger partial charge on any atom is -0.300 e. The van der Waals surface area contributed by atoms with Gasteiger partial charge in [0.15, 0.2) is 0 Å². The molecule has 2 aliphatic carbocycles. The second-order valence-electron chi connectivity index (χ2n) is 5.63. The van der Waals surface area contributed by atoms with E-state index < -0.39 is 0 Å². The minimum atomic E-state index is 0.454. The monoisotopic (exact) mass is 228 g/mol. The van der Waals surface area contributed by atoms with E-state index in [9.17, 15) is 4.79 Å². The summed E-state index contributed by atoms with van der Waals surface area (Å²) in [7, 11) is 0. The lowest BCUT2D eigenvalue weighted by molar-refractivity contribution is -0.120. The molecule has 1 aromatic rings. The number of Topliss-reactive ketones (excluding diaryl/α,β-unsaturated/α-hetero) is 1. The van der Waals surface area contributed by atoms with Crippen LogP contribution in [-0.4, -0.2) is 5.78 Å². The van der Waals surface area contributed by atoms with Crippen LogP contribution in [0, 0.1) is 0 Å². The van der Waals surface area contributed by atoms with Crippen LogP contribution >= 0.6 is 0 Å². The average molecular weight is 228 g/mol. The van der Waals surface area contributed by atoms with Crippen molar-refractivity contribution in [3.63, 3.8) is 0 Å². The molecule has 90 valence electrons. The molecule has 1 aromatic carbocycles. The number of hydrogen-bond donors (Lipinski definition) is 0. The predicted octanol–water partition coefficient (Wildman–Crippen LogP) is 4.18. The standard InChI is InChI=1S/C16H20O/c17-16-9-3-8-15(11-16)14-7-2-6-13(10-14)12-4-1-5-12/h2,6-7,10,12,15H,1,3-5,8-9,11H2. The molecule has 1 nitrogen and oxygen atoms in total. The van der Waals surface area contributed by atoms with Gasteiger partial charge in [0.2, 0.25) is 0 Å². The fourth-order valence-corrected chi connectivity index (χ4v) is 3.12. The molecule has 1 heteroatoms. The maximum Gasteiger partial charge on any atom is 0.133 e. The number of carbonyl (C=O) groups is 1. The van der Waals surface area contributed by atoms with Gasteiger partial charge >= 0.3 is 0 Å². The Morgan fingerprint density at radius 1 is 0.941 bits per heavy atom. The molecular formula is C16H20O. The molecule has 2 aliphatic rings. The van der Waals surface area contributed by atoms with E-state index in [2.05, 4.69) is 24.3 Å². The highest BCUT2D eigenvalue weighted by atomic mass is 16.1. The number of ketones is 1. The fraction of sp³-hybridized carbons (Fsp3) is 0.562. The highest BCUT2D eigenvalue weighted by Gasteiger charge is 2.23. The molecular weight excluding hydrogens is 208 g/mol. The van der Waals surface area contributed by atoms with Crippen molar-refractivity contribution >= 4 is 5.78 Å². The molecule has 2 fully saturated rings. The zero-order valence-corrected chi connectivity index (χ0v) is 10.3. The van der Waals surface area contributed by atoms with Gasteiger partial charge < -0.3 is 0 Å². The van der Waals surface area contributed by atoms with Crippen molar-refractivity contribution in [2.75, 3.05) is 0 Å². The van der Waals surface area contributed by atoms with Crippen molar-refractivity contribution in [3.05, 3.63) is 35.4 Å². The predicted molar refractivity (Wildman–Crippen MR) is 69.3 cm³/mol. The van der Waals surface area contributed by atoms with Gasteiger partial charge in [-0.1, -0.05) is 30.7 Å². The zero-order valence-electron chi connectivity index (χ0n) is 10.3. The van der Waals surface area contributed by atoms with E-state index in [-0.39, 0.29) is 0 Å². The summed E-state index contributed by atoms with van der Waals surface area (Å²) in [6.07, 6.45) is 7.95. The minimum absolute atomic E-state index is 0.454. The lowest BCUT2D eigenvalue weighted by Gasteiger charge is -2.27. The molecule has 17 heavy (non-hydrogen) atoms. The third kappa shape index (κ3) is 2.29. The highest BCUT2D eigenvalue weighted by molar-refractivity contribution is 5.80. The molecule has 1 atom stereocenters. The Labute approximate surface area is 103 Å². The Bertz CT molecular complexity index is 417. The Balaban J connectivity index is 1.79. The van der Waals surface area contributed by atoms with Gasteiger partial charge in [0.05, 0.1) is 0 Å². The van der Waals surface area contributed by atoms with Gasteiger partial charge in [0, 0.05) is 12.8 Å². The normalized spacial score (nSPS) is 25.6. The first-order valence-electron chi connectivity index (χ1n) is 6.94. The second kappa shape index (κ2) is 4.64. The molecule has 0 N–H and O–H groups in total. The summed E-state index contributed by atoms with van der Waals surface area (Å²) >= 11 is 0. The Morgan fingerprint density at radius 2 is 1.65 bits per heavy atom. The van der Waals surface area contributed by atoms with E-state index in [1.54, 1.807) is 0 Å². The van der Waals surface area contributed by atoms with Crippen molar-refractivity contribution in [1.82, 2.24) is 0 Å². The maximum atomic E-state index is 11.5. The van der Waals surface area contributed by atoms with Gasteiger partial charge in [0.1, 0.15) is 5.78 Å². The molecule has 0 aromatic heterocycles. The summed E-state index contributed by atoms with van der Waals surface area (Å²) in [4.78, 5) is 11.5. The molecule has 0 heterocycles. The summed E-state index contributed by atoms with van der Waals surface area (Å²) in [5.74, 6) is 1.75. The number of hydrogen-bond acceptors (Lipinski definition) is 1. The van der Waals surface area contributed by atoms with Gasteiger partial charge in [-0.15, -0.1) is 0 Å². The quantitative estimate of drug-likeness (QED) is 0.742. The van der Waals surface area contributed by atoms with E-state index in [1.165, 1.54) is 36.8 Å². The van der Waals surface area contributed by atoms with Crippen molar-refractivity contribution < 1.29 is 4.79 Å². The van der Waals surface area contributed by atoms with Crippen molar-refractivity contribution in [2.24, 2.45) is 0 Å². The molecule has 0 radical (unpaired) electrons. The van der Waals surface area contributed by atoms with Crippen molar-refractivity contribution in [3.8, 4) is 0 Å². The van der Waals surface area contributed by atoms with Gasteiger partial charge in [0.25, 0.3) is 0 Å². The van der Waals surface area contributed by atoms with E-state index in [1.807, 2.05) is 0 Å². The molecule has 0 saturated heterocycles. The van der Waals surface area contributed by atoms with E-state index >= 15 is 0 Å². The Morgan fingerprint density at radius 3 is 2.29 bits per heavy atom. The first-order chi connectivity index (χ1) is 8.33. The zero-order chi connectivity index (χ0) is 11.7. The van der Waals surface area contributed by atoms with Crippen LogP contribution in [-0.2, 0) is 4.79 Å². The Kier molecular flexibility index (Phi) is 3.00. The summed E-state index contributed by atoms with van der Waals surface area (Å²) in [6.45, 7) is 0. The van der Waals surface area contributed by atoms with Crippen LogP contribution in [0.5, 0.6) is 0 Å². The molecule has 1 unspecified atom stereocenters. The van der Waals surface area contributed by atoms with E-state index in [4.69, 9.17) is 0 Å². The maximum absolute atomic E-state index is 11.5. The molecule has 3 rings (SSSR count).